The van der Waals surface area contributed by atoms with Crippen molar-refractivity contribution < 1.29 is 14.4 Å². The summed E-state index contributed by atoms with van der Waals surface area (Å²) in [6.07, 6.45) is 16.5. The van der Waals surface area contributed by atoms with Crippen molar-refractivity contribution in [3.8, 4) is 0 Å². The fourth-order valence-electron chi connectivity index (χ4n) is 9.41. The third-order valence-corrected chi connectivity index (χ3v) is 10.8. The van der Waals surface area contributed by atoms with Gasteiger partial charge in [-0.3, -0.25) is 9.59 Å². The Kier molecular flexibility index (Phi) is 4.95. The average Bonchev–Trinajstić information content (AvgIpc) is 3.02. The molecule has 1 N–H and O–H groups in total. The van der Waals surface area contributed by atoms with Crippen molar-refractivity contribution in [3.63, 3.8) is 0 Å². The van der Waals surface area contributed by atoms with E-state index in [1.54, 1.807) is 0 Å². The standard InChI is InChI=1S/C27H39NO3/c1-17(29)27-12-6-5-7-20(27)16-24-22-9-8-19-15-21(28-31-18(2)30)10-13-25(19,3)23(22)11-14-26(24,27)4/h10,15,20,22-24,28H,5-9,11-14,16H2,1-4H3. The van der Waals surface area contributed by atoms with Crippen molar-refractivity contribution in [3.05, 3.63) is 23.4 Å². The highest BCUT2D eigenvalue weighted by atomic mass is 16.7. The van der Waals surface area contributed by atoms with E-state index in [0.29, 0.717) is 23.5 Å². The lowest BCUT2D eigenvalue weighted by molar-refractivity contribution is -0.147. The summed E-state index contributed by atoms with van der Waals surface area (Å²) in [5.41, 5.74) is 5.61. The number of hydrogen-bond donors (Lipinski definition) is 1. The highest BCUT2D eigenvalue weighted by Crippen LogP contribution is 2.74. The molecule has 170 valence electrons. The number of carbonyl (C=O) groups excluding carboxylic acids is 2. The Bertz CT molecular complexity index is 859. The molecule has 0 aliphatic heterocycles. The monoisotopic (exact) mass is 425 g/mol. The highest BCUT2D eigenvalue weighted by molar-refractivity contribution is 5.84. The topological polar surface area (TPSA) is 55.4 Å². The van der Waals surface area contributed by atoms with Crippen LogP contribution in [0.4, 0.5) is 0 Å². The van der Waals surface area contributed by atoms with Crippen LogP contribution in [0.5, 0.6) is 0 Å². The Labute approximate surface area is 187 Å². The first-order valence-electron chi connectivity index (χ1n) is 12.6. The zero-order valence-corrected chi connectivity index (χ0v) is 19.8. The molecular formula is C27H39NO3. The number of hydrogen-bond acceptors (Lipinski definition) is 4. The van der Waals surface area contributed by atoms with Gasteiger partial charge in [-0.2, -0.15) is 0 Å². The molecule has 7 unspecified atom stereocenters. The summed E-state index contributed by atoms with van der Waals surface area (Å²) in [5, 5.41) is 0. The maximum atomic E-state index is 13.2. The largest absolute Gasteiger partial charge is 0.344 e. The van der Waals surface area contributed by atoms with Gasteiger partial charge in [0.05, 0.1) is 5.70 Å². The first-order chi connectivity index (χ1) is 14.7. The highest BCUT2D eigenvalue weighted by Gasteiger charge is 2.68. The minimum absolute atomic E-state index is 0.0501. The summed E-state index contributed by atoms with van der Waals surface area (Å²) in [7, 11) is 0. The number of allylic oxidation sites excluding steroid dienone is 3. The second-order valence-corrected chi connectivity index (χ2v) is 11.7. The molecule has 0 amide bonds. The molecule has 0 spiro atoms. The Hall–Kier alpha value is -1.58. The Morgan fingerprint density at radius 3 is 2.61 bits per heavy atom. The van der Waals surface area contributed by atoms with E-state index in [1.165, 1.54) is 57.4 Å². The molecule has 0 aromatic carbocycles. The van der Waals surface area contributed by atoms with Crippen LogP contribution in [-0.2, 0) is 14.4 Å². The smallest absolute Gasteiger partial charge is 0.329 e. The van der Waals surface area contributed by atoms with Crippen molar-refractivity contribution in [1.82, 2.24) is 5.48 Å². The van der Waals surface area contributed by atoms with E-state index in [4.69, 9.17) is 4.84 Å². The van der Waals surface area contributed by atoms with Gasteiger partial charge < -0.3 is 4.84 Å². The van der Waals surface area contributed by atoms with Crippen molar-refractivity contribution in [1.29, 1.82) is 0 Å². The lowest BCUT2D eigenvalue weighted by Crippen LogP contribution is -2.55. The number of ketones is 1. The van der Waals surface area contributed by atoms with E-state index >= 15 is 0 Å². The molecule has 5 rings (SSSR count). The maximum Gasteiger partial charge on any atom is 0.329 e. The molecule has 0 radical (unpaired) electrons. The number of fused-ring (bicyclic) bond motifs is 7. The van der Waals surface area contributed by atoms with Crippen LogP contribution in [0.2, 0.25) is 0 Å². The predicted octanol–water partition coefficient (Wildman–Crippen LogP) is 5.89. The molecule has 4 nitrogen and oxygen atoms in total. The van der Waals surface area contributed by atoms with Crippen LogP contribution < -0.4 is 5.48 Å². The lowest BCUT2D eigenvalue weighted by atomic mass is 9.44. The van der Waals surface area contributed by atoms with Crippen LogP contribution >= 0.6 is 0 Å². The minimum Gasteiger partial charge on any atom is -0.344 e. The minimum atomic E-state index is -0.315. The van der Waals surface area contributed by atoms with Crippen LogP contribution in [-0.4, -0.2) is 11.8 Å². The fourth-order valence-corrected chi connectivity index (χ4v) is 9.41. The van der Waals surface area contributed by atoms with Gasteiger partial charge >= 0.3 is 5.97 Å². The Balaban J connectivity index is 1.43. The number of hydroxylamine groups is 1. The first-order valence-corrected chi connectivity index (χ1v) is 12.6. The number of rotatable bonds is 3. The van der Waals surface area contributed by atoms with Gasteiger partial charge in [0.2, 0.25) is 0 Å². The molecule has 4 saturated carbocycles. The summed E-state index contributed by atoms with van der Waals surface area (Å²) < 4.78 is 0. The van der Waals surface area contributed by atoms with E-state index in [-0.39, 0.29) is 22.2 Å². The van der Waals surface area contributed by atoms with Gasteiger partial charge in [0.1, 0.15) is 5.78 Å². The predicted molar refractivity (Wildman–Crippen MR) is 121 cm³/mol. The van der Waals surface area contributed by atoms with E-state index < -0.39 is 0 Å². The number of carbonyl (C=O) groups is 2. The third kappa shape index (κ3) is 2.85. The average molecular weight is 426 g/mol. The van der Waals surface area contributed by atoms with E-state index in [2.05, 4.69) is 31.5 Å². The molecule has 4 fully saturated rings. The van der Waals surface area contributed by atoms with Gasteiger partial charge in [-0.15, -0.1) is 0 Å². The summed E-state index contributed by atoms with van der Waals surface area (Å²) >= 11 is 0. The fraction of sp³-hybridized carbons (Fsp3) is 0.778. The van der Waals surface area contributed by atoms with Crippen molar-refractivity contribution in [2.24, 2.45) is 39.9 Å². The molecule has 0 bridgehead atoms. The molecule has 0 saturated heterocycles. The van der Waals surface area contributed by atoms with Crippen LogP contribution in [0, 0.1) is 39.9 Å². The Morgan fingerprint density at radius 1 is 1.06 bits per heavy atom. The number of nitrogens with one attached hydrogen (secondary N) is 1. The van der Waals surface area contributed by atoms with E-state index in [0.717, 1.165) is 30.9 Å². The van der Waals surface area contributed by atoms with Crippen molar-refractivity contribution >= 4 is 11.8 Å². The molecule has 7 atom stereocenters. The van der Waals surface area contributed by atoms with Gasteiger partial charge in [-0.05, 0) is 98.9 Å². The lowest BCUT2D eigenvalue weighted by Gasteiger charge is -2.60. The zero-order chi connectivity index (χ0) is 22.0. The zero-order valence-electron chi connectivity index (χ0n) is 19.8. The van der Waals surface area contributed by atoms with Crippen LogP contribution in [0.25, 0.3) is 0 Å². The molecule has 0 aromatic rings. The second kappa shape index (κ2) is 7.22. The second-order valence-electron chi connectivity index (χ2n) is 11.7. The molecule has 5 aliphatic rings. The summed E-state index contributed by atoms with van der Waals surface area (Å²) in [6.45, 7) is 8.31. The van der Waals surface area contributed by atoms with E-state index in [9.17, 15) is 9.59 Å². The normalized spacial score (nSPS) is 45.8. The maximum absolute atomic E-state index is 13.2. The first kappa shape index (κ1) is 21.3. The quantitative estimate of drug-likeness (QED) is 0.573. The van der Waals surface area contributed by atoms with Crippen LogP contribution in [0.1, 0.15) is 91.9 Å². The van der Waals surface area contributed by atoms with E-state index in [1.807, 2.05) is 6.92 Å². The van der Waals surface area contributed by atoms with Gasteiger partial charge in [-0.25, -0.2) is 5.48 Å². The van der Waals surface area contributed by atoms with Crippen molar-refractivity contribution in [2.45, 2.75) is 91.9 Å². The molecular weight excluding hydrogens is 386 g/mol. The van der Waals surface area contributed by atoms with Gasteiger partial charge in [-0.1, -0.05) is 38.3 Å². The summed E-state index contributed by atoms with van der Waals surface area (Å²) in [5.74, 6) is 2.92. The van der Waals surface area contributed by atoms with Crippen LogP contribution in [0.15, 0.2) is 23.4 Å². The molecule has 0 heterocycles. The summed E-state index contributed by atoms with van der Waals surface area (Å²) in [4.78, 5) is 29.4. The third-order valence-electron chi connectivity index (χ3n) is 10.8. The molecule has 5 aliphatic carbocycles. The molecule has 31 heavy (non-hydrogen) atoms. The molecule has 0 aromatic heterocycles. The van der Waals surface area contributed by atoms with Crippen molar-refractivity contribution in [2.75, 3.05) is 0 Å². The summed E-state index contributed by atoms with van der Waals surface area (Å²) in [6, 6.07) is 0. The molecule has 4 heteroatoms. The van der Waals surface area contributed by atoms with Gasteiger partial charge in [0.25, 0.3) is 0 Å². The van der Waals surface area contributed by atoms with Gasteiger partial charge in [0, 0.05) is 12.3 Å². The van der Waals surface area contributed by atoms with Crippen LogP contribution in [0.3, 0.4) is 0 Å². The Morgan fingerprint density at radius 2 is 1.87 bits per heavy atom. The SMILES string of the molecule is CC(=O)ONC1=CCC2(C)C(=C1)CCC1C2CCC2(C)C1CC1CCCCC12C(C)=O. The number of Topliss-reactive ketones (excluding diaryl/α,β-unsaturated/α-hetero) is 1. The van der Waals surface area contributed by atoms with Gasteiger partial charge in [0.15, 0.2) is 0 Å².